The molecule has 106 valence electrons. The lowest BCUT2D eigenvalue weighted by Crippen LogP contribution is -2.47. The molecule has 3 N–H and O–H groups in total. The molecule has 2 nitrogen and oxygen atoms in total. The number of hydrogen-bond acceptors (Lipinski definition) is 2. The maximum atomic E-state index is 12.6. The largest absolute Gasteiger partial charge is 0.508 e. The molecule has 0 bridgehead atoms. The first-order valence-corrected chi connectivity index (χ1v) is 6.42. The Bertz CT molecular complexity index is 437. The molecule has 0 unspecified atom stereocenters. The number of nitrogens with two attached hydrogens (primary N) is 1. The van der Waals surface area contributed by atoms with Crippen LogP contribution >= 0.6 is 0 Å². The molecule has 1 fully saturated rings. The molecule has 19 heavy (non-hydrogen) atoms. The van der Waals surface area contributed by atoms with Crippen LogP contribution in [0.3, 0.4) is 0 Å². The van der Waals surface area contributed by atoms with Gasteiger partial charge in [0, 0.05) is 5.54 Å². The Morgan fingerprint density at radius 2 is 1.89 bits per heavy atom. The molecule has 1 aliphatic rings. The topological polar surface area (TPSA) is 46.2 Å². The van der Waals surface area contributed by atoms with Crippen LogP contribution in [0, 0.1) is 5.92 Å². The Labute approximate surface area is 110 Å². The fraction of sp³-hybridized carbons (Fsp3) is 0.571. The van der Waals surface area contributed by atoms with Crippen molar-refractivity contribution in [1.29, 1.82) is 0 Å². The SMILES string of the molecule is NC1(Cc2cccc(O)c2)CCC(C(F)(F)F)CC1. The summed E-state index contributed by atoms with van der Waals surface area (Å²) in [6, 6.07) is 6.73. The third kappa shape index (κ3) is 3.62. The smallest absolute Gasteiger partial charge is 0.391 e. The number of hydrogen-bond donors (Lipinski definition) is 2. The Morgan fingerprint density at radius 3 is 2.42 bits per heavy atom. The van der Waals surface area contributed by atoms with Crippen LogP contribution in [0.1, 0.15) is 31.2 Å². The molecule has 1 aromatic rings. The molecule has 0 amide bonds. The van der Waals surface area contributed by atoms with E-state index in [9.17, 15) is 18.3 Å². The lowest BCUT2D eigenvalue weighted by molar-refractivity contribution is -0.184. The molecule has 0 aromatic heterocycles. The minimum Gasteiger partial charge on any atom is -0.508 e. The van der Waals surface area contributed by atoms with Crippen molar-refractivity contribution >= 4 is 0 Å². The zero-order valence-electron chi connectivity index (χ0n) is 10.6. The van der Waals surface area contributed by atoms with E-state index in [1.807, 2.05) is 6.07 Å². The van der Waals surface area contributed by atoms with Crippen molar-refractivity contribution in [3.63, 3.8) is 0 Å². The maximum absolute atomic E-state index is 12.6. The Kier molecular flexibility index (Phi) is 3.76. The van der Waals surface area contributed by atoms with E-state index in [4.69, 9.17) is 5.73 Å². The van der Waals surface area contributed by atoms with Crippen molar-refractivity contribution < 1.29 is 18.3 Å². The summed E-state index contributed by atoms with van der Waals surface area (Å²) < 4.78 is 37.8. The quantitative estimate of drug-likeness (QED) is 0.867. The molecule has 0 atom stereocenters. The van der Waals surface area contributed by atoms with Crippen molar-refractivity contribution in [3.8, 4) is 5.75 Å². The summed E-state index contributed by atoms with van der Waals surface area (Å²) in [5.74, 6) is -1.06. The summed E-state index contributed by atoms with van der Waals surface area (Å²) in [5.41, 5.74) is 6.48. The Hall–Kier alpha value is -1.23. The van der Waals surface area contributed by atoms with E-state index < -0.39 is 17.6 Å². The van der Waals surface area contributed by atoms with Crippen LogP contribution in [0.2, 0.25) is 0 Å². The first-order valence-electron chi connectivity index (χ1n) is 6.42. The van der Waals surface area contributed by atoms with Gasteiger partial charge in [-0.3, -0.25) is 0 Å². The van der Waals surface area contributed by atoms with Gasteiger partial charge in [0.05, 0.1) is 5.92 Å². The summed E-state index contributed by atoms with van der Waals surface area (Å²) in [6.07, 6.45) is -2.67. The molecule has 1 aromatic carbocycles. The van der Waals surface area contributed by atoms with Crippen molar-refractivity contribution in [3.05, 3.63) is 29.8 Å². The van der Waals surface area contributed by atoms with Crippen molar-refractivity contribution in [1.82, 2.24) is 0 Å². The summed E-state index contributed by atoms with van der Waals surface area (Å²) in [7, 11) is 0. The van der Waals surface area contributed by atoms with Crippen LogP contribution in [-0.4, -0.2) is 16.8 Å². The zero-order chi connectivity index (χ0) is 14.1. The number of alkyl halides is 3. The van der Waals surface area contributed by atoms with Gasteiger partial charge in [0.1, 0.15) is 5.75 Å². The van der Waals surface area contributed by atoms with Gasteiger partial charge in [0.2, 0.25) is 0 Å². The average molecular weight is 273 g/mol. The van der Waals surface area contributed by atoms with Crippen LogP contribution < -0.4 is 5.73 Å². The number of phenols is 1. The van der Waals surface area contributed by atoms with Gasteiger partial charge < -0.3 is 10.8 Å². The van der Waals surface area contributed by atoms with Crippen LogP contribution in [0.25, 0.3) is 0 Å². The maximum Gasteiger partial charge on any atom is 0.391 e. The van der Waals surface area contributed by atoms with Gasteiger partial charge in [-0.05, 0) is 49.8 Å². The second-order valence-corrected chi connectivity index (χ2v) is 5.52. The van der Waals surface area contributed by atoms with E-state index >= 15 is 0 Å². The molecular formula is C14H18F3NO. The number of phenolic OH excluding ortho intramolecular Hbond substituents is 1. The van der Waals surface area contributed by atoms with Gasteiger partial charge in [-0.2, -0.15) is 13.2 Å². The van der Waals surface area contributed by atoms with E-state index in [0.717, 1.165) is 5.56 Å². The van der Waals surface area contributed by atoms with E-state index in [1.54, 1.807) is 18.2 Å². The van der Waals surface area contributed by atoms with Gasteiger partial charge in [0.15, 0.2) is 0 Å². The number of halogens is 3. The number of aromatic hydroxyl groups is 1. The average Bonchev–Trinajstić information content (AvgIpc) is 2.27. The summed E-state index contributed by atoms with van der Waals surface area (Å²) >= 11 is 0. The third-order valence-electron chi connectivity index (χ3n) is 3.91. The minimum absolute atomic E-state index is 0.0960. The Balaban J connectivity index is 1.99. The number of rotatable bonds is 2. The van der Waals surface area contributed by atoms with Gasteiger partial charge in [-0.25, -0.2) is 0 Å². The monoisotopic (exact) mass is 273 g/mol. The molecule has 0 aliphatic heterocycles. The predicted octanol–water partition coefficient (Wildman–Crippen LogP) is 3.38. The summed E-state index contributed by atoms with van der Waals surface area (Å²) in [4.78, 5) is 0. The fourth-order valence-electron chi connectivity index (χ4n) is 2.77. The predicted molar refractivity (Wildman–Crippen MR) is 66.7 cm³/mol. The molecule has 1 saturated carbocycles. The molecule has 0 saturated heterocycles. The minimum atomic E-state index is -4.10. The first kappa shape index (κ1) is 14.2. The normalized spacial score (nSPS) is 28.3. The van der Waals surface area contributed by atoms with E-state index in [0.29, 0.717) is 19.3 Å². The third-order valence-corrected chi connectivity index (χ3v) is 3.91. The molecule has 0 radical (unpaired) electrons. The zero-order valence-corrected chi connectivity index (χ0v) is 10.6. The van der Waals surface area contributed by atoms with Crippen LogP contribution in [0.4, 0.5) is 13.2 Å². The number of benzene rings is 1. The lowest BCUT2D eigenvalue weighted by atomic mass is 9.74. The van der Waals surface area contributed by atoms with Crippen molar-refractivity contribution in [2.45, 2.75) is 43.8 Å². The molecule has 0 spiro atoms. The highest BCUT2D eigenvalue weighted by Gasteiger charge is 2.44. The fourth-order valence-corrected chi connectivity index (χ4v) is 2.77. The second kappa shape index (κ2) is 5.04. The van der Waals surface area contributed by atoms with Crippen molar-refractivity contribution in [2.75, 3.05) is 0 Å². The van der Waals surface area contributed by atoms with Crippen LogP contribution in [-0.2, 0) is 6.42 Å². The van der Waals surface area contributed by atoms with E-state index in [-0.39, 0.29) is 18.6 Å². The summed E-state index contributed by atoms with van der Waals surface area (Å²) in [6.45, 7) is 0. The Morgan fingerprint density at radius 1 is 1.26 bits per heavy atom. The molecule has 2 rings (SSSR count). The van der Waals surface area contributed by atoms with Gasteiger partial charge >= 0.3 is 6.18 Å². The molecular weight excluding hydrogens is 255 g/mol. The first-order chi connectivity index (χ1) is 8.78. The van der Waals surface area contributed by atoms with Crippen LogP contribution in [0.5, 0.6) is 5.75 Å². The van der Waals surface area contributed by atoms with Gasteiger partial charge in [-0.15, -0.1) is 0 Å². The summed E-state index contributed by atoms with van der Waals surface area (Å²) in [5, 5.41) is 9.39. The molecule has 5 heteroatoms. The lowest BCUT2D eigenvalue weighted by Gasteiger charge is -2.38. The molecule has 0 heterocycles. The van der Waals surface area contributed by atoms with E-state index in [1.165, 1.54) is 0 Å². The highest BCUT2D eigenvalue weighted by molar-refractivity contribution is 5.28. The van der Waals surface area contributed by atoms with Gasteiger partial charge in [0.25, 0.3) is 0 Å². The van der Waals surface area contributed by atoms with E-state index in [2.05, 4.69) is 0 Å². The van der Waals surface area contributed by atoms with Crippen LogP contribution in [0.15, 0.2) is 24.3 Å². The highest BCUT2D eigenvalue weighted by Crippen LogP contribution is 2.41. The highest BCUT2D eigenvalue weighted by atomic mass is 19.4. The van der Waals surface area contributed by atoms with Crippen molar-refractivity contribution in [2.24, 2.45) is 11.7 Å². The standard InChI is InChI=1S/C14H18F3NO/c15-14(16,17)11-4-6-13(18,7-5-11)9-10-2-1-3-12(19)8-10/h1-3,8,11,19H,4-7,9,18H2. The molecule has 1 aliphatic carbocycles. The second-order valence-electron chi connectivity index (χ2n) is 5.52. The van der Waals surface area contributed by atoms with Gasteiger partial charge in [-0.1, -0.05) is 12.1 Å².